The van der Waals surface area contributed by atoms with E-state index in [0.29, 0.717) is 5.92 Å². The molecule has 0 amide bonds. The molecule has 2 heteroatoms. The molecule has 0 N–H and O–H groups in total. The van der Waals surface area contributed by atoms with Crippen molar-refractivity contribution in [2.24, 2.45) is 4.99 Å². The first-order valence-corrected chi connectivity index (χ1v) is 6.70. The first kappa shape index (κ1) is 13.2. The molecule has 0 fully saturated rings. The molecule has 0 radical (unpaired) electrons. The predicted molar refractivity (Wildman–Crippen MR) is 76.2 cm³/mol. The highest BCUT2D eigenvalue weighted by atomic mass is 32.1. The fraction of sp³-hybridized carbons (Fsp3) is 0.500. The summed E-state index contributed by atoms with van der Waals surface area (Å²) >= 11 is 1.84. The van der Waals surface area contributed by atoms with Gasteiger partial charge in [0.2, 0.25) is 0 Å². The summed E-state index contributed by atoms with van der Waals surface area (Å²) in [5.74, 6) is 0.599. The number of hydrogen-bond acceptors (Lipinski definition) is 2. The zero-order valence-electron chi connectivity index (χ0n) is 10.7. The molecule has 0 spiro atoms. The monoisotopic (exact) mass is 235 g/mol. The Morgan fingerprint density at radius 1 is 1.62 bits per heavy atom. The van der Waals surface area contributed by atoms with E-state index in [1.54, 1.807) is 0 Å². The van der Waals surface area contributed by atoms with Crippen molar-refractivity contribution in [1.82, 2.24) is 0 Å². The maximum absolute atomic E-state index is 4.46. The van der Waals surface area contributed by atoms with Gasteiger partial charge in [0.15, 0.2) is 0 Å². The van der Waals surface area contributed by atoms with Gasteiger partial charge in [0, 0.05) is 16.0 Å². The molecule has 1 heterocycles. The highest BCUT2D eigenvalue weighted by Gasteiger charge is 2.14. The van der Waals surface area contributed by atoms with Gasteiger partial charge in [0.1, 0.15) is 0 Å². The number of nitrogens with zero attached hydrogens (tertiary/aromatic N) is 1. The minimum absolute atomic E-state index is 0.599. The Morgan fingerprint density at radius 2 is 2.31 bits per heavy atom. The highest BCUT2D eigenvalue weighted by Crippen LogP contribution is 2.39. The third-order valence-corrected chi connectivity index (χ3v) is 4.12. The Morgan fingerprint density at radius 3 is 2.81 bits per heavy atom. The topological polar surface area (TPSA) is 12.4 Å². The lowest BCUT2D eigenvalue weighted by Crippen LogP contribution is -1.88. The van der Waals surface area contributed by atoms with Gasteiger partial charge in [-0.3, -0.25) is 4.99 Å². The van der Waals surface area contributed by atoms with Gasteiger partial charge in [-0.1, -0.05) is 26.8 Å². The lowest BCUT2D eigenvalue weighted by molar-refractivity contribution is 0.676. The minimum Gasteiger partial charge on any atom is -0.260 e. The number of rotatable bonds is 5. The van der Waals surface area contributed by atoms with Crippen molar-refractivity contribution in [1.29, 1.82) is 0 Å². The largest absolute Gasteiger partial charge is 0.260 e. The van der Waals surface area contributed by atoms with E-state index in [1.807, 2.05) is 24.5 Å². The molecular formula is C14H21NS. The van der Waals surface area contributed by atoms with Crippen LogP contribution in [0, 0.1) is 0 Å². The quantitative estimate of drug-likeness (QED) is 0.605. The number of aliphatic imine (C=N–C) groups is 1. The fourth-order valence-electron chi connectivity index (χ4n) is 1.76. The molecular weight excluding hydrogens is 214 g/mol. The average molecular weight is 235 g/mol. The molecule has 0 aliphatic heterocycles. The molecule has 1 aromatic heterocycles. The summed E-state index contributed by atoms with van der Waals surface area (Å²) in [6, 6.07) is 2.16. The van der Waals surface area contributed by atoms with E-state index >= 15 is 0 Å². The van der Waals surface area contributed by atoms with E-state index in [4.69, 9.17) is 0 Å². The van der Waals surface area contributed by atoms with Crippen LogP contribution in [0.4, 0.5) is 5.69 Å². The molecule has 0 aliphatic rings. The fourth-order valence-corrected chi connectivity index (χ4v) is 2.88. The molecule has 1 atom stereocenters. The minimum atomic E-state index is 0.599. The van der Waals surface area contributed by atoms with Crippen LogP contribution >= 0.6 is 11.3 Å². The van der Waals surface area contributed by atoms with Crippen LogP contribution in [0.2, 0.25) is 0 Å². The number of hydrogen-bond donors (Lipinski definition) is 0. The summed E-state index contributed by atoms with van der Waals surface area (Å²) in [5, 5.41) is 0. The van der Waals surface area contributed by atoms with Crippen molar-refractivity contribution in [2.45, 2.75) is 46.5 Å². The Bertz CT molecular complexity index is 387. The van der Waals surface area contributed by atoms with Crippen molar-refractivity contribution in [3.8, 4) is 0 Å². The maximum atomic E-state index is 4.46. The Balaban J connectivity index is 3.09. The summed E-state index contributed by atoms with van der Waals surface area (Å²) in [6.45, 7) is 12.5. The molecule has 1 rings (SSSR count). The molecule has 0 saturated heterocycles. The molecule has 1 aromatic rings. The van der Waals surface area contributed by atoms with Crippen LogP contribution < -0.4 is 0 Å². The third-order valence-electron chi connectivity index (χ3n) is 2.60. The second-order valence-electron chi connectivity index (χ2n) is 4.22. The lowest BCUT2D eigenvalue weighted by Gasteiger charge is -2.08. The molecule has 88 valence electrons. The predicted octanol–water partition coefficient (Wildman–Crippen LogP) is 5.41. The summed E-state index contributed by atoms with van der Waals surface area (Å²) in [4.78, 5) is 7.12. The first-order chi connectivity index (χ1) is 7.60. The van der Waals surface area contributed by atoms with Gasteiger partial charge in [0.05, 0.1) is 5.69 Å². The molecule has 0 aromatic carbocycles. The van der Waals surface area contributed by atoms with Gasteiger partial charge in [-0.05, 0) is 37.8 Å². The van der Waals surface area contributed by atoms with E-state index in [2.05, 4.69) is 38.4 Å². The van der Waals surface area contributed by atoms with Crippen LogP contribution in [0.3, 0.4) is 0 Å². The van der Waals surface area contributed by atoms with Crippen LogP contribution in [-0.4, -0.2) is 6.21 Å². The van der Waals surface area contributed by atoms with Crippen molar-refractivity contribution in [3.63, 3.8) is 0 Å². The van der Waals surface area contributed by atoms with E-state index in [9.17, 15) is 0 Å². The van der Waals surface area contributed by atoms with Crippen LogP contribution in [0.1, 0.15) is 56.2 Å². The van der Waals surface area contributed by atoms with E-state index in [-0.39, 0.29) is 0 Å². The van der Waals surface area contributed by atoms with Crippen LogP contribution in [0.5, 0.6) is 0 Å². The average Bonchev–Trinajstić information content (AvgIpc) is 2.63. The Hall–Kier alpha value is -0.890. The Labute approximate surface area is 103 Å². The van der Waals surface area contributed by atoms with Gasteiger partial charge in [-0.2, -0.15) is 0 Å². The van der Waals surface area contributed by atoms with Gasteiger partial charge in [0.25, 0.3) is 0 Å². The number of thiophene rings is 1. The van der Waals surface area contributed by atoms with Crippen LogP contribution in [0.15, 0.2) is 17.6 Å². The SMILES string of the molecule is C=C(C)c1cc(N=CC)c(C(C)CCC)s1. The van der Waals surface area contributed by atoms with E-state index in [1.165, 1.54) is 22.6 Å². The summed E-state index contributed by atoms with van der Waals surface area (Å²) in [5.41, 5.74) is 2.26. The molecule has 16 heavy (non-hydrogen) atoms. The smallest absolute Gasteiger partial charge is 0.0773 e. The van der Waals surface area contributed by atoms with E-state index in [0.717, 1.165) is 11.3 Å². The van der Waals surface area contributed by atoms with E-state index < -0.39 is 0 Å². The standard InChI is InChI=1S/C14H21NS/c1-6-8-11(5)14-12(15-7-2)9-13(16-14)10(3)4/h7,9,11H,3,6,8H2,1-2,4-5H3. The van der Waals surface area contributed by atoms with Gasteiger partial charge >= 0.3 is 0 Å². The Kier molecular flexibility index (Phi) is 4.94. The molecule has 1 nitrogen and oxygen atoms in total. The molecule has 0 saturated carbocycles. The van der Waals surface area contributed by atoms with Crippen LogP contribution in [0.25, 0.3) is 5.57 Å². The lowest BCUT2D eigenvalue weighted by atomic mass is 10.0. The second-order valence-corrected chi connectivity index (χ2v) is 5.30. The second kappa shape index (κ2) is 6.00. The maximum Gasteiger partial charge on any atom is 0.0773 e. The van der Waals surface area contributed by atoms with Gasteiger partial charge in [-0.15, -0.1) is 11.3 Å². The first-order valence-electron chi connectivity index (χ1n) is 5.88. The molecule has 0 aliphatic carbocycles. The molecule has 0 bridgehead atoms. The van der Waals surface area contributed by atoms with Crippen molar-refractivity contribution in [2.75, 3.05) is 0 Å². The molecule has 1 unspecified atom stereocenters. The van der Waals surface area contributed by atoms with Gasteiger partial charge < -0.3 is 0 Å². The third kappa shape index (κ3) is 3.05. The summed E-state index contributed by atoms with van der Waals surface area (Å²) < 4.78 is 0. The van der Waals surface area contributed by atoms with Crippen molar-refractivity contribution in [3.05, 3.63) is 22.4 Å². The van der Waals surface area contributed by atoms with Gasteiger partial charge in [-0.25, -0.2) is 0 Å². The number of allylic oxidation sites excluding steroid dienone is 1. The zero-order chi connectivity index (χ0) is 12.1. The highest BCUT2D eigenvalue weighted by molar-refractivity contribution is 7.13. The zero-order valence-corrected chi connectivity index (χ0v) is 11.5. The summed E-state index contributed by atoms with van der Waals surface area (Å²) in [7, 11) is 0. The van der Waals surface area contributed by atoms with Crippen LogP contribution in [-0.2, 0) is 0 Å². The summed E-state index contributed by atoms with van der Waals surface area (Å²) in [6.07, 6.45) is 4.31. The van der Waals surface area contributed by atoms with Crippen molar-refractivity contribution < 1.29 is 0 Å². The van der Waals surface area contributed by atoms with Crippen molar-refractivity contribution >= 4 is 28.8 Å². The normalized spacial score (nSPS) is 13.2.